The van der Waals surface area contributed by atoms with E-state index in [1.807, 2.05) is 133 Å². The van der Waals surface area contributed by atoms with Crippen molar-refractivity contribution in [3.8, 4) is 11.5 Å². The number of aliphatic hydroxyl groups is 2. The Balaban J connectivity index is 1.22. The molecule has 1 saturated carbocycles. The Labute approximate surface area is 233 Å². The van der Waals surface area contributed by atoms with Crippen molar-refractivity contribution in [1.29, 1.82) is 0 Å². The van der Waals surface area contributed by atoms with Crippen molar-refractivity contribution in [2.75, 3.05) is 0 Å². The molecule has 4 aromatic rings. The Hall–Kier alpha value is -4.64. The van der Waals surface area contributed by atoms with Gasteiger partial charge in [0, 0.05) is 34.1 Å². The van der Waals surface area contributed by atoms with Crippen LogP contribution in [0.4, 0.5) is 0 Å². The first-order valence-corrected chi connectivity index (χ1v) is 13.5. The van der Waals surface area contributed by atoms with Crippen LogP contribution in [0.1, 0.15) is 22.3 Å². The molecule has 0 amide bonds. The van der Waals surface area contributed by atoms with E-state index >= 15 is 0 Å². The van der Waals surface area contributed by atoms with E-state index in [1.165, 1.54) is 0 Å². The van der Waals surface area contributed by atoms with Crippen LogP contribution >= 0.6 is 0 Å². The average molecular weight is 525 g/mol. The maximum absolute atomic E-state index is 11.3. The Morgan fingerprint density at radius 2 is 0.850 bits per heavy atom. The van der Waals surface area contributed by atoms with Crippen LogP contribution in [-0.2, 0) is 0 Å². The number of allylic oxidation sites excluding steroid dienone is 4. The fourth-order valence-electron chi connectivity index (χ4n) is 5.67. The molecule has 0 bridgehead atoms. The van der Waals surface area contributed by atoms with Crippen LogP contribution in [0.5, 0.6) is 11.5 Å². The van der Waals surface area contributed by atoms with Crippen molar-refractivity contribution in [2.24, 2.45) is 11.8 Å². The van der Waals surface area contributed by atoms with E-state index in [0.29, 0.717) is 0 Å². The fourth-order valence-corrected chi connectivity index (χ4v) is 5.67. The highest BCUT2D eigenvalue weighted by Crippen LogP contribution is 2.45. The lowest BCUT2D eigenvalue weighted by Crippen LogP contribution is -2.53. The number of ether oxygens (including phenoxy) is 2. The fraction of sp³-hybridized carbons (Fsp3) is 0.111. The molecule has 196 valence electrons. The molecule has 0 atom stereocenters. The number of aliphatic hydroxyl groups excluding tert-OH is 2. The molecule has 7 rings (SSSR count). The Kier molecular flexibility index (Phi) is 6.20. The summed E-state index contributed by atoms with van der Waals surface area (Å²) >= 11 is 0. The standard InChI is InChI=1S/C36H28O4/c37-35-29(19-25-21-33(23-11-3-1-4-12-23)39-31-17-9-7-15-27(25)31)36(38)30(35)20-26-22-34(24-13-5-2-6-14-24)40-32-18-10-8-16-28(26)32/h1-22,29-30,35-38H/b25-19+,26-20+. The Bertz CT molecular complexity index is 1550. The molecular formula is C36H28O4. The zero-order valence-corrected chi connectivity index (χ0v) is 21.7. The van der Waals surface area contributed by atoms with Gasteiger partial charge in [0.15, 0.2) is 0 Å². The van der Waals surface area contributed by atoms with Crippen LogP contribution in [-0.4, -0.2) is 22.4 Å². The predicted molar refractivity (Wildman–Crippen MR) is 158 cm³/mol. The van der Waals surface area contributed by atoms with Crippen LogP contribution in [0.2, 0.25) is 0 Å². The van der Waals surface area contributed by atoms with E-state index in [-0.39, 0.29) is 0 Å². The molecule has 4 nitrogen and oxygen atoms in total. The van der Waals surface area contributed by atoms with Gasteiger partial charge in [0.1, 0.15) is 23.0 Å². The van der Waals surface area contributed by atoms with E-state index < -0.39 is 24.0 Å². The molecule has 0 unspecified atom stereocenters. The molecule has 4 heteroatoms. The summed E-state index contributed by atoms with van der Waals surface area (Å²) in [5.74, 6) is 2.17. The molecule has 0 spiro atoms. The number of rotatable bonds is 4. The SMILES string of the molecule is OC1C(/C=C2\C=C(c3ccccc3)Oc3ccccc32)C(O)C1/C=C1\C=C(c2ccccc2)Oc2ccccc21. The minimum Gasteiger partial charge on any atom is -0.456 e. The van der Waals surface area contributed by atoms with E-state index in [9.17, 15) is 10.2 Å². The van der Waals surface area contributed by atoms with Crippen molar-refractivity contribution in [3.05, 3.63) is 156 Å². The highest BCUT2D eigenvalue weighted by atomic mass is 16.5. The lowest BCUT2D eigenvalue weighted by molar-refractivity contribution is -0.109. The van der Waals surface area contributed by atoms with Gasteiger partial charge in [0.25, 0.3) is 0 Å². The molecule has 0 aromatic heterocycles. The van der Waals surface area contributed by atoms with Crippen molar-refractivity contribution < 1.29 is 19.7 Å². The second-order valence-electron chi connectivity index (χ2n) is 10.3. The largest absolute Gasteiger partial charge is 0.456 e. The zero-order valence-electron chi connectivity index (χ0n) is 21.7. The maximum Gasteiger partial charge on any atom is 0.135 e. The highest BCUT2D eigenvalue weighted by Gasteiger charge is 2.47. The lowest BCUT2D eigenvalue weighted by Gasteiger charge is -2.44. The summed E-state index contributed by atoms with van der Waals surface area (Å²) in [5, 5.41) is 22.6. The van der Waals surface area contributed by atoms with Gasteiger partial charge in [0.05, 0.1) is 12.2 Å². The van der Waals surface area contributed by atoms with Gasteiger partial charge in [-0.1, -0.05) is 109 Å². The van der Waals surface area contributed by atoms with Crippen LogP contribution in [0, 0.1) is 11.8 Å². The number of fused-ring (bicyclic) bond motifs is 2. The summed E-state index contributed by atoms with van der Waals surface area (Å²) in [5.41, 5.74) is 5.68. The molecule has 0 radical (unpaired) electrons. The number of hydrogen-bond donors (Lipinski definition) is 2. The van der Waals surface area contributed by atoms with Crippen molar-refractivity contribution in [2.45, 2.75) is 12.2 Å². The number of para-hydroxylation sites is 2. The molecule has 2 aliphatic heterocycles. The first kappa shape index (κ1) is 24.4. The van der Waals surface area contributed by atoms with Crippen molar-refractivity contribution >= 4 is 22.7 Å². The molecule has 2 heterocycles. The van der Waals surface area contributed by atoms with E-state index in [4.69, 9.17) is 9.47 Å². The summed E-state index contributed by atoms with van der Waals surface area (Å²) in [7, 11) is 0. The molecule has 1 aliphatic carbocycles. The summed E-state index contributed by atoms with van der Waals surface area (Å²) in [4.78, 5) is 0. The minimum atomic E-state index is -0.734. The molecule has 40 heavy (non-hydrogen) atoms. The molecule has 2 N–H and O–H groups in total. The van der Waals surface area contributed by atoms with E-state index in [2.05, 4.69) is 0 Å². The first-order valence-electron chi connectivity index (χ1n) is 13.5. The van der Waals surface area contributed by atoms with Gasteiger partial charge in [0.2, 0.25) is 0 Å². The van der Waals surface area contributed by atoms with Gasteiger partial charge in [-0.05, 0) is 35.4 Å². The first-order chi connectivity index (χ1) is 19.7. The van der Waals surface area contributed by atoms with Gasteiger partial charge in [-0.25, -0.2) is 0 Å². The van der Waals surface area contributed by atoms with Gasteiger partial charge in [-0.3, -0.25) is 0 Å². The molecule has 4 aromatic carbocycles. The lowest BCUT2D eigenvalue weighted by atomic mass is 9.67. The normalized spacial score (nSPS) is 25.1. The minimum absolute atomic E-state index is 0.413. The third-order valence-corrected chi connectivity index (χ3v) is 7.85. The third kappa shape index (κ3) is 4.37. The van der Waals surface area contributed by atoms with E-state index in [0.717, 1.165) is 56.4 Å². The smallest absolute Gasteiger partial charge is 0.135 e. The second-order valence-corrected chi connectivity index (χ2v) is 10.3. The number of hydrogen-bond acceptors (Lipinski definition) is 4. The Morgan fingerprint density at radius 3 is 1.27 bits per heavy atom. The topological polar surface area (TPSA) is 58.9 Å². The second kappa shape index (κ2) is 10.2. The number of benzene rings is 4. The van der Waals surface area contributed by atoms with Crippen LogP contribution in [0.25, 0.3) is 22.7 Å². The van der Waals surface area contributed by atoms with Crippen LogP contribution in [0.3, 0.4) is 0 Å². The quantitative estimate of drug-likeness (QED) is 0.302. The average Bonchev–Trinajstić information content (AvgIpc) is 3.02. The predicted octanol–water partition coefficient (Wildman–Crippen LogP) is 6.99. The Morgan fingerprint density at radius 1 is 0.475 bits per heavy atom. The molecular weight excluding hydrogens is 496 g/mol. The summed E-state index contributed by atoms with van der Waals surface area (Å²) < 4.78 is 12.4. The van der Waals surface area contributed by atoms with Crippen molar-refractivity contribution in [1.82, 2.24) is 0 Å². The monoisotopic (exact) mass is 524 g/mol. The van der Waals surface area contributed by atoms with Gasteiger partial charge >= 0.3 is 0 Å². The summed E-state index contributed by atoms with van der Waals surface area (Å²) in [6.45, 7) is 0. The van der Waals surface area contributed by atoms with Crippen LogP contribution < -0.4 is 9.47 Å². The van der Waals surface area contributed by atoms with Crippen LogP contribution in [0.15, 0.2) is 133 Å². The molecule has 0 saturated heterocycles. The summed E-state index contributed by atoms with van der Waals surface area (Å²) in [6.07, 6.45) is 6.48. The highest BCUT2D eigenvalue weighted by molar-refractivity contribution is 5.89. The molecule has 1 fully saturated rings. The van der Waals surface area contributed by atoms with Gasteiger partial charge < -0.3 is 19.7 Å². The summed E-state index contributed by atoms with van der Waals surface area (Å²) in [6, 6.07) is 35.6. The maximum atomic E-state index is 11.3. The van der Waals surface area contributed by atoms with E-state index in [1.54, 1.807) is 0 Å². The molecule has 3 aliphatic rings. The van der Waals surface area contributed by atoms with Gasteiger partial charge in [-0.15, -0.1) is 0 Å². The third-order valence-electron chi connectivity index (χ3n) is 7.85. The van der Waals surface area contributed by atoms with Crippen molar-refractivity contribution in [3.63, 3.8) is 0 Å². The van der Waals surface area contributed by atoms with Gasteiger partial charge in [-0.2, -0.15) is 0 Å². The zero-order chi connectivity index (χ0) is 27.1.